The van der Waals surface area contributed by atoms with Gasteiger partial charge in [-0.25, -0.2) is 0 Å². The van der Waals surface area contributed by atoms with Gasteiger partial charge in [0.15, 0.2) is 0 Å². The van der Waals surface area contributed by atoms with Gasteiger partial charge in [-0.05, 0) is 36.1 Å². The highest BCUT2D eigenvalue weighted by molar-refractivity contribution is 5.39. The summed E-state index contributed by atoms with van der Waals surface area (Å²) in [5, 5.41) is 0. The first-order valence-corrected chi connectivity index (χ1v) is 5.68. The van der Waals surface area contributed by atoms with Crippen LogP contribution in [0.25, 0.3) is 0 Å². The lowest BCUT2D eigenvalue weighted by Gasteiger charge is -2.24. The molecule has 2 nitrogen and oxygen atoms in total. The minimum atomic E-state index is -0.242. The number of nitrogens with two attached hydrogens (primary N) is 1. The second-order valence-electron chi connectivity index (χ2n) is 4.57. The average Bonchev–Trinajstić information content (AvgIpc) is 2.89. The van der Waals surface area contributed by atoms with E-state index in [0.29, 0.717) is 0 Å². The molecule has 0 fully saturated rings. The van der Waals surface area contributed by atoms with Crippen LogP contribution in [-0.2, 0) is 18.4 Å². The summed E-state index contributed by atoms with van der Waals surface area (Å²) in [5.74, 6) is 0.971. The number of furan rings is 1. The number of rotatable bonds is 2. The van der Waals surface area contributed by atoms with E-state index in [1.165, 1.54) is 11.1 Å². The van der Waals surface area contributed by atoms with Crippen molar-refractivity contribution in [3.8, 4) is 0 Å². The van der Waals surface area contributed by atoms with Crippen LogP contribution in [0, 0.1) is 0 Å². The van der Waals surface area contributed by atoms with Crippen LogP contribution in [0.4, 0.5) is 0 Å². The van der Waals surface area contributed by atoms with Crippen LogP contribution in [-0.4, -0.2) is 0 Å². The SMILES string of the molecule is NC1(Cc2ccco2)CCc2ccccc21. The van der Waals surface area contributed by atoms with Crippen LogP contribution >= 0.6 is 0 Å². The van der Waals surface area contributed by atoms with Crippen molar-refractivity contribution in [2.45, 2.75) is 24.8 Å². The second kappa shape index (κ2) is 3.49. The Balaban J connectivity index is 1.95. The molecule has 2 heteroatoms. The Labute approximate surface area is 95.1 Å². The number of fused-ring (bicyclic) bond motifs is 1. The van der Waals surface area contributed by atoms with Crippen LogP contribution < -0.4 is 5.73 Å². The van der Waals surface area contributed by atoms with Gasteiger partial charge in [0.05, 0.1) is 6.26 Å². The van der Waals surface area contributed by atoms with E-state index in [2.05, 4.69) is 24.3 Å². The predicted octanol–water partition coefficient (Wildman–Crippen LogP) is 2.62. The Morgan fingerprint density at radius 3 is 2.88 bits per heavy atom. The third kappa shape index (κ3) is 1.46. The third-order valence-electron chi connectivity index (χ3n) is 3.46. The van der Waals surface area contributed by atoms with E-state index in [1.54, 1.807) is 6.26 Å². The molecule has 0 saturated carbocycles. The highest BCUT2D eigenvalue weighted by atomic mass is 16.3. The van der Waals surface area contributed by atoms with Gasteiger partial charge in [-0.1, -0.05) is 24.3 Å². The molecule has 1 aliphatic carbocycles. The normalized spacial score (nSPS) is 23.3. The zero-order valence-electron chi connectivity index (χ0n) is 9.15. The Bertz CT molecular complexity index is 489. The van der Waals surface area contributed by atoms with Gasteiger partial charge in [-0.3, -0.25) is 0 Å². The maximum Gasteiger partial charge on any atom is 0.105 e. The van der Waals surface area contributed by atoms with Crippen LogP contribution in [0.15, 0.2) is 47.1 Å². The number of benzene rings is 1. The molecule has 0 aliphatic heterocycles. The zero-order chi connectivity index (χ0) is 11.0. The van der Waals surface area contributed by atoms with Crippen molar-refractivity contribution in [2.24, 2.45) is 5.73 Å². The third-order valence-corrected chi connectivity index (χ3v) is 3.46. The number of hydrogen-bond donors (Lipinski definition) is 1. The van der Waals surface area contributed by atoms with E-state index in [0.717, 1.165) is 25.0 Å². The summed E-state index contributed by atoms with van der Waals surface area (Å²) in [5.41, 5.74) is 8.93. The summed E-state index contributed by atoms with van der Waals surface area (Å²) in [7, 11) is 0. The fourth-order valence-electron chi connectivity index (χ4n) is 2.62. The van der Waals surface area contributed by atoms with Crippen LogP contribution in [0.1, 0.15) is 23.3 Å². The molecule has 0 bridgehead atoms. The first-order chi connectivity index (χ1) is 7.78. The number of hydrogen-bond acceptors (Lipinski definition) is 2. The molecule has 0 saturated heterocycles. The first-order valence-electron chi connectivity index (χ1n) is 5.68. The molecule has 1 heterocycles. The van der Waals surface area contributed by atoms with Gasteiger partial charge >= 0.3 is 0 Å². The van der Waals surface area contributed by atoms with E-state index in [1.807, 2.05) is 12.1 Å². The van der Waals surface area contributed by atoms with Gasteiger partial charge in [-0.2, -0.15) is 0 Å². The molecular formula is C14H15NO. The molecule has 2 N–H and O–H groups in total. The highest BCUT2D eigenvalue weighted by Gasteiger charge is 2.35. The molecule has 82 valence electrons. The van der Waals surface area contributed by atoms with Crippen molar-refractivity contribution in [1.29, 1.82) is 0 Å². The van der Waals surface area contributed by atoms with Crippen molar-refractivity contribution in [3.63, 3.8) is 0 Å². The van der Waals surface area contributed by atoms with Crippen molar-refractivity contribution < 1.29 is 4.42 Å². The maximum absolute atomic E-state index is 6.50. The molecule has 1 aromatic heterocycles. The minimum Gasteiger partial charge on any atom is -0.469 e. The fraction of sp³-hybridized carbons (Fsp3) is 0.286. The second-order valence-corrected chi connectivity index (χ2v) is 4.57. The van der Waals surface area contributed by atoms with Crippen molar-refractivity contribution >= 4 is 0 Å². The number of aryl methyl sites for hydroxylation is 1. The van der Waals surface area contributed by atoms with E-state index < -0.39 is 0 Å². The fourth-order valence-corrected chi connectivity index (χ4v) is 2.62. The summed E-state index contributed by atoms with van der Waals surface area (Å²) in [4.78, 5) is 0. The maximum atomic E-state index is 6.50. The molecule has 0 amide bonds. The predicted molar refractivity (Wildman–Crippen MR) is 63.0 cm³/mol. The van der Waals surface area contributed by atoms with E-state index >= 15 is 0 Å². The molecule has 1 aliphatic rings. The van der Waals surface area contributed by atoms with Crippen LogP contribution in [0.5, 0.6) is 0 Å². The Morgan fingerprint density at radius 1 is 1.19 bits per heavy atom. The monoisotopic (exact) mass is 213 g/mol. The van der Waals surface area contributed by atoms with Gasteiger partial charge in [0.25, 0.3) is 0 Å². The molecule has 2 aromatic rings. The van der Waals surface area contributed by atoms with E-state index in [4.69, 9.17) is 10.2 Å². The van der Waals surface area contributed by atoms with Gasteiger partial charge < -0.3 is 10.2 Å². The minimum absolute atomic E-state index is 0.242. The smallest absolute Gasteiger partial charge is 0.105 e. The summed E-state index contributed by atoms with van der Waals surface area (Å²) in [6, 6.07) is 12.4. The Kier molecular flexibility index (Phi) is 2.11. The lowest BCUT2D eigenvalue weighted by atomic mass is 9.88. The van der Waals surface area contributed by atoms with E-state index in [9.17, 15) is 0 Å². The van der Waals surface area contributed by atoms with Gasteiger partial charge in [-0.15, -0.1) is 0 Å². The standard InChI is InChI=1S/C14H15NO/c15-14(10-12-5-3-9-16-12)8-7-11-4-1-2-6-13(11)14/h1-6,9H,7-8,10,15H2. The van der Waals surface area contributed by atoms with Crippen molar-refractivity contribution in [1.82, 2.24) is 0 Å². The summed E-state index contributed by atoms with van der Waals surface area (Å²) in [6.07, 6.45) is 4.58. The molecule has 0 radical (unpaired) electrons. The molecule has 1 atom stereocenters. The molecular weight excluding hydrogens is 198 g/mol. The summed E-state index contributed by atoms with van der Waals surface area (Å²) < 4.78 is 5.40. The Morgan fingerprint density at radius 2 is 2.06 bits per heavy atom. The summed E-state index contributed by atoms with van der Waals surface area (Å²) >= 11 is 0. The van der Waals surface area contributed by atoms with Crippen LogP contribution in [0.3, 0.4) is 0 Å². The first kappa shape index (κ1) is 9.67. The van der Waals surface area contributed by atoms with Gasteiger partial charge in [0.2, 0.25) is 0 Å². The lowest BCUT2D eigenvalue weighted by Crippen LogP contribution is -2.36. The molecule has 3 rings (SSSR count). The zero-order valence-corrected chi connectivity index (χ0v) is 9.15. The van der Waals surface area contributed by atoms with Crippen molar-refractivity contribution in [2.75, 3.05) is 0 Å². The largest absolute Gasteiger partial charge is 0.469 e. The molecule has 0 spiro atoms. The average molecular weight is 213 g/mol. The topological polar surface area (TPSA) is 39.2 Å². The Hall–Kier alpha value is -1.54. The molecule has 1 aromatic carbocycles. The van der Waals surface area contributed by atoms with Gasteiger partial charge in [0, 0.05) is 12.0 Å². The van der Waals surface area contributed by atoms with Crippen LogP contribution in [0.2, 0.25) is 0 Å². The van der Waals surface area contributed by atoms with E-state index in [-0.39, 0.29) is 5.54 Å². The summed E-state index contributed by atoms with van der Waals surface area (Å²) in [6.45, 7) is 0. The van der Waals surface area contributed by atoms with Crippen molar-refractivity contribution in [3.05, 3.63) is 59.5 Å². The molecule has 1 unspecified atom stereocenters. The quantitative estimate of drug-likeness (QED) is 0.832. The van der Waals surface area contributed by atoms with Gasteiger partial charge in [0.1, 0.15) is 5.76 Å². The molecule has 16 heavy (non-hydrogen) atoms. The lowest BCUT2D eigenvalue weighted by molar-refractivity contribution is 0.386. The highest BCUT2D eigenvalue weighted by Crippen LogP contribution is 2.37.